The average molecular weight is 350 g/mol. The van der Waals surface area contributed by atoms with Crippen molar-refractivity contribution in [1.82, 2.24) is 4.31 Å². The normalized spacial score (nSPS) is 27.8. The summed E-state index contributed by atoms with van der Waals surface area (Å²) in [5, 5.41) is 0.400. The summed E-state index contributed by atoms with van der Waals surface area (Å²) in [6.07, 6.45) is 1.05. The fourth-order valence-corrected chi connectivity index (χ4v) is 5.40. The number of hydrogen-bond donors (Lipinski definition) is 0. The first-order valence-electron chi connectivity index (χ1n) is 7.13. The molecule has 1 aliphatic heterocycles. The van der Waals surface area contributed by atoms with Gasteiger partial charge in [-0.05, 0) is 42.9 Å². The van der Waals surface area contributed by atoms with Crippen molar-refractivity contribution in [3.05, 3.63) is 28.8 Å². The van der Waals surface area contributed by atoms with Crippen LogP contribution in [0.4, 0.5) is 0 Å². The number of piperidine rings is 1. The standard InChI is InChI=1S/C15H21Cl2NO2S/c1-10-6-11(2)12(3)18(9-10)21(19,20)14-5-4-13(8-16)15(17)7-14/h4-5,7,10-12H,6,8-9H2,1-3H3. The lowest BCUT2D eigenvalue weighted by Crippen LogP contribution is -2.48. The van der Waals surface area contributed by atoms with Crippen molar-refractivity contribution >= 4 is 33.2 Å². The largest absolute Gasteiger partial charge is 0.243 e. The van der Waals surface area contributed by atoms with E-state index >= 15 is 0 Å². The average Bonchev–Trinajstić information content (AvgIpc) is 2.42. The van der Waals surface area contributed by atoms with Crippen molar-refractivity contribution in [2.75, 3.05) is 6.54 Å². The minimum absolute atomic E-state index is 0.00215. The molecule has 0 spiro atoms. The van der Waals surface area contributed by atoms with E-state index in [9.17, 15) is 8.42 Å². The summed E-state index contributed by atoms with van der Waals surface area (Å²) < 4.78 is 27.4. The first-order chi connectivity index (χ1) is 9.77. The third-order valence-electron chi connectivity index (χ3n) is 4.32. The van der Waals surface area contributed by atoms with E-state index in [2.05, 4.69) is 13.8 Å². The van der Waals surface area contributed by atoms with Gasteiger partial charge in [0.25, 0.3) is 0 Å². The van der Waals surface area contributed by atoms with Crippen molar-refractivity contribution in [2.24, 2.45) is 11.8 Å². The summed E-state index contributed by atoms with van der Waals surface area (Å²) in [4.78, 5) is 0.245. The molecule has 0 bridgehead atoms. The summed E-state index contributed by atoms with van der Waals surface area (Å²) in [7, 11) is -3.52. The van der Waals surface area contributed by atoms with Crippen molar-refractivity contribution in [3.63, 3.8) is 0 Å². The van der Waals surface area contributed by atoms with Gasteiger partial charge in [-0.3, -0.25) is 0 Å². The highest BCUT2D eigenvalue weighted by molar-refractivity contribution is 7.89. The number of alkyl halides is 1. The molecule has 1 aromatic carbocycles. The van der Waals surface area contributed by atoms with Gasteiger partial charge in [0.1, 0.15) is 0 Å². The highest BCUT2D eigenvalue weighted by atomic mass is 35.5. The highest BCUT2D eigenvalue weighted by Crippen LogP contribution is 2.32. The van der Waals surface area contributed by atoms with E-state index in [4.69, 9.17) is 23.2 Å². The molecule has 3 nitrogen and oxygen atoms in total. The number of hydrogen-bond acceptors (Lipinski definition) is 2. The maximum Gasteiger partial charge on any atom is 0.243 e. The maximum atomic E-state index is 12.9. The second kappa shape index (κ2) is 6.45. The van der Waals surface area contributed by atoms with Gasteiger partial charge in [0, 0.05) is 23.5 Å². The first-order valence-corrected chi connectivity index (χ1v) is 9.48. The van der Waals surface area contributed by atoms with Crippen LogP contribution in [0.5, 0.6) is 0 Å². The van der Waals surface area contributed by atoms with Crippen LogP contribution in [0.1, 0.15) is 32.8 Å². The molecule has 0 aliphatic carbocycles. The monoisotopic (exact) mass is 349 g/mol. The zero-order chi connectivity index (χ0) is 15.8. The second-order valence-electron chi connectivity index (χ2n) is 6.02. The predicted molar refractivity (Wildman–Crippen MR) is 87.3 cm³/mol. The molecule has 0 aromatic heterocycles. The molecule has 2 rings (SSSR count). The van der Waals surface area contributed by atoms with E-state index in [1.165, 1.54) is 6.07 Å². The van der Waals surface area contributed by atoms with E-state index < -0.39 is 10.0 Å². The lowest BCUT2D eigenvalue weighted by molar-refractivity contribution is 0.157. The Bertz CT molecular complexity index is 618. The minimum Gasteiger partial charge on any atom is -0.207 e. The predicted octanol–water partition coefficient (Wildman–Crippen LogP) is 4.13. The highest BCUT2D eigenvalue weighted by Gasteiger charge is 2.37. The van der Waals surface area contributed by atoms with Crippen molar-refractivity contribution < 1.29 is 8.42 Å². The van der Waals surface area contributed by atoms with Gasteiger partial charge < -0.3 is 0 Å². The summed E-state index contributed by atoms with van der Waals surface area (Å²) in [5.74, 6) is 0.984. The van der Waals surface area contributed by atoms with Crippen LogP contribution in [0.25, 0.3) is 0 Å². The Hall–Kier alpha value is -0.290. The van der Waals surface area contributed by atoms with E-state index in [0.717, 1.165) is 12.0 Å². The van der Waals surface area contributed by atoms with Crippen LogP contribution in [0, 0.1) is 11.8 Å². The molecule has 1 saturated heterocycles. The van der Waals surface area contributed by atoms with Gasteiger partial charge in [0.15, 0.2) is 0 Å². The molecule has 0 amide bonds. The number of benzene rings is 1. The summed E-state index contributed by atoms with van der Waals surface area (Å²) in [5.41, 5.74) is 0.741. The Morgan fingerprint density at radius 3 is 2.52 bits per heavy atom. The smallest absolute Gasteiger partial charge is 0.207 e. The zero-order valence-corrected chi connectivity index (χ0v) is 14.8. The molecular weight excluding hydrogens is 329 g/mol. The van der Waals surface area contributed by atoms with E-state index in [0.29, 0.717) is 23.4 Å². The van der Waals surface area contributed by atoms with E-state index in [-0.39, 0.29) is 16.8 Å². The topological polar surface area (TPSA) is 37.4 Å². The first kappa shape index (κ1) is 17.1. The lowest BCUT2D eigenvalue weighted by atomic mass is 9.88. The summed E-state index contributed by atoms with van der Waals surface area (Å²) >= 11 is 11.9. The van der Waals surface area contributed by atoms with E-state index in [1.54, 1.807) is 16.4 Å². The third-order valence-corrected chi connectivity index (χ3v) is 6.91. The molecule has 0 N–H and O–H groups in total. The van der Waals surface area contributed by atoms with Crippen LogP contribution in [-0.2, 0) is 15.9 Å². The second-order valence-corrected chi connectivity index (χ2v) is 8.59. The van der Waals surface area contributed by atoms with Gasteiger partial charge in [-0.25, -0.2) is 8.42 Å². The van der Waals surface area contributed by atoms with Crippen LogP contribution in [0.2, 0.25) is 5.02 Å². The molecule has 0 radical (unpaired) electrons. The molecule has 1 fully saturated rings. The molecule has 3 atom stereocenters. The number of nitrogens with zero attached hydrogens (tertiary/aromatic N) is 1. The molecule has 3 unspecified atom stereocenters. The van der Waals surface area contributed by atoms with Crippen LogP contribution in [-0.4, -0.2) is 25.3 Å². The van der Waals surface area contributed by atoms with E-state index in [1.807, 2.05) is 6.92 Å². The Morgan fingerprint density at radius 1 is 1.29 bits per heavy atom. The van der Waals surface area contributed by atoms with Crippen LogP contribution < -0.4 is 0 Å². The number of sulfonamides is 1. The molecule has 21 heavy (non-hydrogen) atoms. The maximum absolute atomic E-state index is 12.9. The Labute approximate surface area is 137 Å². The zero-order valence-electron chi connectivity index (χ0n) is 12.5. The van der Waals surface area contributed by atoms with Gasteiger partial charge in [-0.1, -0.05) is 31.5 Å². The fraction of sp³-hybridized carbons (Fsp3) is 0.600. The molecule has 1 aliphatic rings. The van der Waals surface area contributed by atoms with Crippen LogP contribution in [0.15, 0.2) is 23.1 Å². The summed E-state index contributed by atoms with van der Waals surface area (Å²) in [6, 6.07) is 4.78. The number of rotatable bonds is 3. The fourth-order valence-electron chi connectivity index (χ4n) is 2.91. The van der Waals surface area contributed by atoms with Gasteiger partial charge in [0.2, 0.25) is 10.0 Å². The SMILES string of the molecule is CC1CC(C)C(C)N(S(=O)(=O)c2ccc(CCl)c(Cl)c2)C1. The molecule has 1 aromatic rings. The van der Waals surface area contributed by atoms with Crippen molar-refractivity contribution in [3.8, 4) is 0 Å². The Balaban J connectivity index is 2.39. The number of halogens is 2. The minimum atomic E-state index is -3.52. The molecule has 118 valence electrons. The molecular formula is C15H21Cl2NO2S. The molecule has 6 heteroatoms. The molecule has 1 heterocycles. The molecule has 0 saturated carbocycles. The quantitative estimate of drug-likeness (QED) is 0.769. The van der Waals surface area contributed by atoms with Crippen molar-refractivity contribution in [1.29, 1.82) is 0 Å². The Morgan fingerprint density at radius 2 is 1.95 bits per heavy atom. The van der Waals surface area contributed by atoms with Gasteiger partial charge in [0.05, 0.1) is 4.90 Å². The van der Waals surface area contributed by atoms with Gasteiger partial charge in [-0.2, -0.15) is 4.31 Å². The van der Waals surface area contributed by atoms with Crippen molar-refractivity contribution in [2.45, 2.75) is 44.0 Å². The van der Waals surface area contributed by atoms with Crippen LogP contribution in [0.3, 0.4) is 0 Å². The van der Waals surface area contributed by atoms with Gasteiger partial charge in [-0.15, -0.1) is 11.6 Å². The Kier molecular flexibility index (Phi) is 5.24. The lowest BCUT2D eigenvalue weighted by Gasteiger charge is -2.40. The van der Waals surface area contributed by atoms with Gasteiger partial charge >= 0.3 is 0 Å². The van der Waals surface area contributed by atoms with Crippen LogP contribution >= 0.6 is 23.2 Å². The third kappa shape index (κ3) is 3.39. The summed E-state index contributed by atoms with van der Waals surface area (Å²) in [6.45, 7) is 6.73.